The lowest BCUT2D eigenvalue weighted by Crippen LogP contribution is -2.02. The maximum absolute atomic E-state index is 9.25. The van der Waals surface area contributed by atoms with Gasteiger partial charge >= 0.3 is 0 Å². The van der Waals surface area contributed by atoms with Crippen molar-refractivity contribution in [2.45, 2.75) is 20.1 Å². The molecule has 0 aliphatic rings. The van der Waals surface area contributed by atoms with Crippen molar-refractivity contribution in [2.75, 3.05) is 6.61 Å². The van der Waals surface area contributed by atoms with E-state index in [0.29, 0.717) is 19.0 Å². The lowest BCUT2D eigenvalue weighted by Gasteiger charge is -2.15. The van der Waals surface area contributed by atoms with E-state index < -0.39 is 0 Å². The first kappa shape index (κ1) is 15.1. The summed E-state index contributed by atoms with van der Waals surface area (Å²) in [4.78, 5) is 0. The zero-order valence-corrected chi connectivity index (χ0v) is 13.5. The Labute approximate surface area is 132 Å². The Morgan fingerprint density at radius 1 is 1.05 bits per heavy atom. The molecule has 0 bridgehead atoms. The van der Waals surface area contributed by atoms with E-state index in [4.69, 9.17) is 9.47 Å². The Hall–Kier alpha value is -1.27. The first-order valence-corrected chi connectivity index (χ1v) is 7.55. The van der Waals surface area contributed by atoms with Gasteiger partial charge in [0.1, 0.15) is 6.61 Å². The Kier molecular flexibility index (Phi) is 5.67. The molecular weight excluding hydrogens is 367 g/mol. The number of aliphatic hydroxyl groups is 1. The highest BCUT2D eigenvalue weighted by molar-refractivity contribution is 14.1. The van der Waals surface area contributed by atoms with Crippen LogP contribution in [0.1, 0.15) is 18.1 Å². The highest BCUT2D eigenvalue weighted by Crippen LogP contribution is 2.34. The van der Waals surface area contributed by atoms with Crippen LogP contribution in [0.25, 0.3) is 0 Å². The molecule has 2 aromatic rings. The van der Waals surface area contributed by atoms with Gasteiger partial charge in [0, 0.05) is 0 Å². The van der Waals surface area contributed by atoms with Gasteiger partial charge in [-0.25, -0.2) is 0 Å². The molecule has 0 saturated carbocycles. The molecule has 1 N–H and O–H groups in total. The Morgan fingerprint density at radius 2 is 1.80 bits per heavy atom. The number of aliphatic hydroxyl groups excluding tert-OH is 1. The summed E-state index contributed by atoms with van der Waals surface area (Å²) in [6.45, 7) is 2.98. The zero-order chi connectivity index (χ0) is 14.4. The topological polar surface area (TPSA) is 38.7 Å². The fourth-order valence-electron chi connectivity index (χ4n) is 1.85. The first-order valence-electron chi connectivity index (χ1n) is 6.47. The predicted molar refractivity (Wildman–Crippen MR) is 87.0 cm³/mol. The predicted octanol–water partition coefficient (Wildman–Crippen LogP) is 3.76. The van der Waals surface area contributed by atoms with Crippen molar-refractivity contribution < 1.29 is 14.6 Å². The fraction of sp³-hybridized carbons (Fsp3) is 0.250. The van der Waals surface area contributed by atoms with E-state index in [1.54, 1.807) is 0 Å². The molecule has 0 fully saturated rings. The summed E-state index contributed by atoms with van der Waals surface area (Å²) in [6, 6.07) is 13.7. The fourth-order valence-corrected chi connectivity index (χ4v) is 2.67. The minimum absolute atomic E-state index is 0.00492. The Morgan fingerprint density at radius 3 is 2.45 bits per heavy atom. The van der Waals surface area contributed by atoms with Gasteiger partial charge < -0.3 is 14.6 Å². The van der Waals surface area contributed by atoms with Crippen LogP contribution in [-0.4, -0.2) is 11.7 Å². The average Bonchev–Trinajstić information content (AvgIpc) is 2.47. The smallest absolute Gasteiger partial charge is 0.174 e. The highest BCUT2D eigenvalue weighted by Gasteiger charge is 2.12. The van der Waals surface area contributed by atoms with Crippen LogP contribution < -0.4 is 9.47 Å². The minimum atomic E-state index is -0.00492. The molecule has 20 heavy (non-hydrogen) atoms. The highest BCUT2D eigenvalue weighted by atomic mass is 127. The van der Waals surface area contributed by atoms with E-state index in [1.807, 2.05) is 49.4 Å². The van der Waals surface area contributed by atoms with Gasteiger partial charge in [0.2, 0.25) is 0 Å². The lowest BCUT2D eigenvalue weighted by molar-refractivity contribution is 0.262. The Bertz CT molecular complexity index is 555. The molecule has 3 nitrogen and oxygen atoms in total. The largest absolute Gasteiger partial charge is 0.490 e. The van der Waals surface area contributed by atoms with Gasteiger partial charge in [0.25, 0.3) is 0 Å². The summed E-state index contributed by atoms with van der Waals surface area (Å²) < 4.78 is 12.4. The second-order valence-electron chi connectivity index (χ2n) is 4.27. The van der Waals surface area contributed by atoms with Gasteiger partial charge in [-0.1, -0.05) is 30.3 Å². The zero-order valence-electron chi connectivity index (χ0n) is 11.3. The Balaban J connectivity index is 2.21. The van der Waals surface area contributed by atoms with E-state index in [0.717, 1.165) is 20.4 Å². The van der Waals surface area contributed by atoms with Crippen molar-refractivity contribution in [1.82, 2.24) is 0 Å². The van der Waals surface area contributed by atoms with Gasteiger partial charge in [-0.15, -0.1) is 0 Å². The summed E-state index contributed by atoms with van der Waals surface area (Å²) in [5.74, 6) is 1.41. The summed E-state index contributed by atoms with van der Waals surface area (Å²) >= 11 is 2.20. The number of hydrogen-bond donors (Lipinski definition) is 1. The second-order valence-corrected chi connectivity index (χ2v) is 5.43. The van der Waals surface area contributed by atoms with E-state index >= 15 is 0 Å². The molecule has 0 aromatic heterocycles. The quantitative estimate of drug-likeness (QED) is 0.771. The van der Waals surface area contributed by atoms with Crippen molar-refractivity contribution in [3.63, 3.8) is 0 Å². The summed E-state index contributed by atoms with van der Waals surface area (Å²) in [7, 11) is 0. The summed E-state index contributed by atoms with van der Waals surface area (Å²) in [6.07, 6.45) is 0. The third-order valence-electron chi connectivity index (χ3n) is 2.78. The van der Waals surface area contributed by atoms with Crippen LogP contribution in [0.15, 0.2) is 42.5 Å². The van der Waals surface area contributed by atoms with Gasteiger partial charge in [-0.05, 0) is 52.8 Å². The molecule has 0 heterocycles. The molecule has 0 aliphatic carbocycles. The molecule has 0 aliphatic heterocycles. The van der Waals surface area contributed by atoms with Crippen LogP contribution in [0.4, 0.5) is 0 Å². The normalized spacial score (nSPS) is 10.3. The van der Waals surface area contributed by atoms with E-state index in [1.165, 1.54) is 0 Å². The van der Waals surface area contributed by atoms with E-state index in [2.05, 4.69) is 22.6 Å². The first-order chi connectivity index (χ1) is 9.74. The maximum Gasteiger partial charge on any atom is 0.174 e. The van der Waals surface area contributed by atoms with Crippen LogP contribution in [0.3, 0.4) is 0 Å². The van der Waals surface area contributed by atoms with Crippen molar-refractivity contribution in [3.8, 4) is 11.5 Å². The standard InChI is InChI=1S/C16H17IO3/c1-2-19-15-9-13(10-18)8-14(17)16(15)20-11-12-6-4-3-5-7-12/h3-9,18H,2,10-11H2,1H3. The second kappa shape index (κ2) is 7.50. The number of hydrogen-bond acceptors (Lipinski definition) is 3. The number of halogens is 1. The number of rotatable bonds is 6. The molecule has 0 unspecified atom stereocenters. The molecule has 0 atom stereocenters. The SMILES string of the molecule is CCOc1cc(CO)cc(I)c1OCc1ccccc1. The summed E-state index contributed by atoms with van der Waals surface area (Å²) in [5, 5.41) is 9.25. The van der Waals surface area contributed by atoms with E-state index in [9.17, 15) is 5.11 Å². The van der Waals surface area contributed by atoms with Crippen LogP contribution in [0.2, 0.25) is 0 Å². The van der Waals surface area contributed by atoms with Crippen molar-refractivity contribution in [2.24, 2.45) is 0 Å². The number of benzene rings is 2. The summed E-state index contributed by atoms with van der Waals surface area (Å²) in [5.41, 5.74) is 1.93. The maximum atomic E-state index is 9.25. The molecular formula is C16H17IO3. The molecule has 2 aromatic carbocycles. The molecule has 0 amide bonds. The lowest BCUT2D eigenvalue weighted by atomic mass is 10.2. The molecule has 0 saturated heterocycles. The van der Waals surface area contributed by atoms with Crippen LogP contribution in [0, 0.1) is 3.57 Å². The minimum Gasteiger partial charge on any atom is -0.490 e. The molecule has 4 heteroatoms. The van der Waals surface area contributed by atoms with Gasteiger partial charge in [0.05, 0.1) is 16.8 Å². The van der Waals surface area contributed by atoms with Gasteiger partial charge in [0.15, 0.2) is 11.5 Å². The van der Waals surface area contributed by atoms with Crippen molar-refractivity contribution in [3.05, 3.63) is 57.2 Å². The van der Waals surface area contributed by atoms with Crippen LogP contribution >= 0.6 is 22.6 Å². The van der Waals surface area contributed by atoms with E-state index in [-0.39, 0.29) is 6.61 Å². The molecule has 2 rings (SSSR count). The van der Waals surface area contributed by atoms with Crippen molar-refractivity contribution in [1.29, 1.82) is 0 Å². The molecule has 106 valence electrons. The monoisotopic (exact) mass is 384 g/mol. The average molecular weight is 384 g/mol. The van der Waals surface area contributed by atoms with Gasteiger partial charge in [-0.2, -0.15) is 0 Å². The molecule has 0 spiro atoms. The third-order valence-corrected chi connectivity index (χ3v) is 3.58. The number of ether oxygens (including phenoxy) is 2. The van der Waals surface area contributed by atoms with Gasteiger partial charge in [-0.3, -0.25) is 0 Å². The van der Waals surface area contributed by atoms with Crippen LogP contribution in [0.5, 0.6) is 11.5 Å². The van der Waals surface area contributed by atoms with Crippen LogP contribution in [-0.2, 0) is 13.2 Å². The molecule has 0 radical (unpaired) electrons. The third kappa shape index (κ3) is 3.86. The van der Waals surface area contributed by atoms with Crippen molar-refractivity contribution >= 4 is 22.6 Å².